The van der Waals surface area contributed by atoms with Crippen molar-refractivity contribution >= 4 is 50.2 Å². The Bertz CT molecular complexity index is 1280. The van der Waals surface area contributed by atoms with Crippen molar-refractivity contribution in [2.24, 2.45) is 0 Å². The number of aliphatic carboxylic acids is 1. The van der Waals surface area contributed by atoms with E-state index in [1.165, 1.54) is 17.7 Å². The van der Waals surface area contributed by atoms with Crippen LogP contribution in [0.15, 0.2) is 36.8 Å². The molecule has 0 bridgehead atoms. The lowest BCUT2D eigenvalue weighted by Crippen LogP contribution is -2.32. The van der Waals surface area contributed by atoms with Crippen LogP contribution in [-0.2, 0) is 16.0 Å². The van der Waals surface area contributed by atoms with Crippen LogP contribution in [0.5, 0.6) is 0 Å². The van der Waals surface area contributed by atoms with Crippen LogP contribution < -0.4 is 5.32 Å². The number of carboxylic acids is 1. The summed E-state index contributed by atoms with van der Waals surface area (Å²) in [5.74, 6) is -1.03. The van der Waals surface area contributed by atoms with Crippen LogP contribution >= 0.6 is 11.3 Å². The van der Waals surface area contributed by atoms with Gasteiger partial charge < -0.3 is 20.1 Å². The number of carbonyl (C=O) groups is 2. The van der Waals surface area contributed by atoms with Gasteiger partial charge in [0.2, 0.25) is 0 Å². The van der Waals surface area contributed by atoms with E-state index in [2.05, 4.69) is 20.3 Å². The predicted octanol–water partition coefficient (Wildman–Crippen LogP) is 4.15. The molecule has 160 valence electrons. The first-order chi connectivity index (χ1) is 14.8. The number of aryl methyl sites for hydroxylation is 1. The van der Waals surface area contributed by atoms with E-state index < -0.39 is 18.0 Å². The molecule has 1 unspecified atom stereocenters. The quantitative estimate of drug-likeness (QED) is 0.371. The lowest BCUT2D eigenvalue weighted by molar-refractivity contribution is -0.137. The van der Waals surface area contributed by atoms with Crippen LogP contribution in [0.3, 0.4) is 0 Å². The number of anilines is 1. The van der Waals surface area contributed by atoms with Crippen molar-refractivity contribution in [2.75, 3.05) is 5.32 Å². The van der Waals surface area contributed by atoms with Gasteiger partial charge in [-0.05, 0) is 38.0 Å². The molecule has 9 heteroatoms. The van der Waals surface area contributed by atoms with Crippen LogP contribution in [0.2, 0.25) is 0 Å². The molecule has 1 atom stereocenters. The van der Waals surface area contributed by atoms with Gasteiger partial charge in [0.25, 0.3) is 0 Å². The number of para-hydroxylation sites is 1. The summed E-state index contributed by atoms with van der Waals surface area (Å²) in [6, 6.07) is 6.83. The molecule has 0 radical (unpaired) electrons. The number of benzene rings is 1. The number of nitrogens with zero attached hydrogens (tertiary/aromatic N) is 2. The molecule has 0 aliphatic rings. The molecular weight excluding hydrogens is 416 g/mol. The Hall–Kier alpha value is -3.46. The lowest BCUT2D eigenvalue weighted by atomic mass is 10.0. The largest absolute Gasteiger partial charge is 0.480 e. The fraction of sp³-hybridized carbons (Fsp3) is 0.273. The molecule has 3 N–H and O–H groups in total. The van der Waals surface area contributed by atoms with Crippen molar-refractivity contribution in [3.63, 3.8) is 0 Å². The number of hydrogen-bond acceptors (Lipinski definition) is 7. The molecule has 0 saturated heterocycles. The van der Waals surface area contributed by atoms with Crippen LogP contribution in [0.1, 0.15) is 34.6 Å². The highest BCUT2D eigenvalue weighted by Crippen LogP contribution is 2.34. The highest BCUT2D eigenvalue weighted by Gasteiger charge is 2.25. The number of carbonyl (C=O) groups excluding carboxylic acids is 1. The van der Waals surface area contributed by atoms with Crippen molar-refractivity contribution in [1.82, 2.24) is 15.0 Å². The number of carboxylic acid groups (broad SMARTS) is 1. The van der Waals surface area contributed by atoms with E-state index in [9.17, 15) is 14.7 Å². The van der Waals surface area contributed by atoms with Crippen molar-refractivity contribution in [2.45, 2.75) is 39.3 Å². The number of H-pyrrole nitrogens is 1. The minimum atomic E-state index is -0.996. The van der Waals surface area contributed by atoms with Crippen molar-refractivity contribution < 1.29 is 19.4 Å². The number of aromatic amines is 1. The Balaban J connectivity index is 1.67. The Kier molecular flexibility index (Phi) is 5.60. The van der Waals surface area contributed by atoms with E-state index in [1.807, 2.05) is 30.5 Å². The average molecular weight is 439 g/mol. The maximum atomic E-state index is 12.4. The van der Waals surface area contributed by atoms with Gasteiger partial charge in [-0.25, -0.2) is 19.6 Å². The molecule has 4 aromatic rings. The molecule has 1 aromatic carbocycles. The summed E-state index contributed by atoms with van der Waals surface area (Å²) in [5, 5.41) is 14.5. The molecule has 0 aliphatic carbocycles. The van der Waals surface area contributed by atoms with Crippen LogP contribution in [0.4, 0.5) is 5.82 Å². The zero-order valence-electron chi connectivity index (χ0n) is 17.3. The fourth-order valence-corrected chi connectivity index (χ4v) is 4.56. The molecule has 0 amide bonds. The number of hydrogen-bond donors (Lipinski definition) is 3. The van der Waals surface area contributed by atoms with Gasteiger partial charge in [0.1, 0.15) is 27.9 Å². The number of ether oxygens (including phenoxy) is 1. The molecule has 3 heterocycles. The molecule has 4 rings (SSSR count). The van der Waals surface area contributed by atoms with Crippen LogP contribution in [0.25, 0.3) is 21.1 Å². The summed E-state index contributed by atoms with van der Waals surface area (Å²) in [5.41, 5.74) is 2.52. The van der Waals surface area contributed by atoms with Gasteiger partial charge in [0.15, 0.2) is 0 Å². The van der Waals surface area contributed by atoms with Crippen LogP contribution in [0, 0.1) is 6.92 Å². The SMILES string of the molecule is Cc1c(C(=O)OC(C)C)sc2ncnc(NC(Cc3c[nH]c4ccccc34)C(=O)O)c12. The molecule has 0 fully saturated rings. The normalized spacial score (nSPS) is 12.4. The van der Waals surface area contributed by atoms with Crippen LogP contribution in [-0.4, -0.2) is 44.1 Å². The van der Waals surface area contributed by atoms with E-state index in [-0.39, 0.29) is 12.5 Å². The summed E-state index contributed by atoms with van der Waals surface area (Å²) < 4.78 is 5.32. The summed E-state index contributed by atoms with van der Waals surface area (Å²) in [4.78, 5) is 37.2. The minimum absolute atomic E-state index is 0.242. The second-order valence-corrected chi connectivity index (χ2v) is 8.51. The topological polar surface area (TPSA) is 117 Å². The third-order valence-corrected chi connectivity index (χ3v) is 6.14. The van der Waals surface area contributed by atoms with E-state index in [0.717, 1.165) is 16.5 Å². The highest BCUT2D eigenvalue weighted by atomic mass is 32.1. The summed E-state index contributed by atoms with van der Waals surface area (Å²) in [7, 11) is 0. The van der Waals surface area contributed by atoms with E-state index >= 15 is 0 Å². The van der Waals surface area contributed by atoms with Crippen molar-refractivity contribution in [3.05, 3.63) is 52.8 Å². The maximum absolute atomic E-state index is 12.4. The van der Waals surface area contributed by atoms with Gasteiger partial charge in [-0.15, -0.1) is 11.3 Å². The molecular formula is C22H22N4O4S. The van der Waals surface area contributed by atoms with Gasteiger partial charge in [0.05, 0.1) is 11.5 Å². The monoisotopic (exact) mass is 438 g/mol. The molecule has 0 saturated carbocycles. The van der Waals surface area contributed by atoms with Crippen molar-refractivity contribution in [1.29, 1.82) is 0 Å². The predicted molar refractivity (Wildman–Crippen MR) is 120 cm³/mol. The van der Waals surface area contributed by atoms with E-state index in [4.69, 9.17) is 4.74 Å². The highest BCUT2D eigenvalue weighted by molar-refractivity contribution is 7.20. The fourth-order valence-electron chi connectivity index (χ4n) is 3.53. The first-order valence-electron chi connectivity index (χ1n) is 9.84. The Morgan fingerprint density at radius 2 is 2.03 bits per heavy atom. The van der Waals surface area contributed by atoms with Gasteiger partial charge in [0, 0.05) is 23.5 Å². The van der Waals surface area contributed by atoms with E-state index in [1.54, 1.807) is 20.8 Å². The molecule has 0 aliphatic heterocycles. The summed E-state index contributed by atoms with van der Waals surface area (Å²) >= 11 is 1.21. The number of rotatable bonds is 7. The first kappa shape index (κ1) is 20.8. The average Bonchev–Trinajstić information content (AvgIpc) is 3.29. The zero-order chi connectivity index (χ0) is 22.1. The number of thiophene rings is 1. The van der Waals surface area contributed by atoms with Gasteiger partial charge in [-0.3, -0.25) is 0 Å². The lowest BCUT2D eigenvalue weighted by Gasteiger charge is -2.15. The second kappa shape index (κ2) is 8.35. The number of aromatic nitrogens is 3. The first-order valence-corrected chi connectivity index (χ1v) is 10.7. The molecule has 8 nitrogen and oxygen atoms in total. The van der Waals surface area contributed by atoms with Gasteiger partial charge in [-0.1, -0.05) is 18.2 Å². The summed E-state index contributed by atoms with van der Waals surface area (Å²) in [6.45, 7) is 5.37. The smallest absolute Gasteiger partial charge is 0.348 e. The minimum Gasteiger partial charge on any atom is -0.480 e. The molecule has 0 spiro atoms. The van der Waals surface area contributed by atoms with Gasteiger partial charge in [-0.2, -0.15) is 0 Å². The molecule has 31 heavy (non-hydrogen) atoms. The maximum Gasteiger partial charge on any atom is 0.348 e. The zero-order valence-corrected chi connectivity index (χ0v) is 18.1. The number of esters is 1. The van der Waals surface area contributed by atoms with E-state index in [0.29, 0.717) is 26.5 Å². The second-order valence-electron chi connectivity index (χ2n) is 7.51. The van der Waals surface area contributed by atoms with Gasteiger partial charge >= 0.3 is 11.9 Å². The Morgan fingerprint density at radius 3 is 2.77 bits per heavy atom. The van der Waals surface area contributed by atoms with Crippen molar-refractivity contribution in [3.8, 4) is 0 Å². The Labute approximate surface area is 182 Å². The number of nitrogens with one attached hydrogen (secondary N) is 2. The standard InChI is InChI=1S/C22H22N4O4S/c1-11(2)30-22(29)18-12(3)17-19(24-10-25-20(17)31-18)26-16(21(27)28)8-13-9-23-15-7-5-4-6-14(13)15/h4-7,9-11,16,23H,8H2,1-3H3,(H,27,28)(H,24,25,26). The summed E-state index contributed by atoms with van der Waals surface area (Å²) in [6.07, 6.45) is 3.21. The third kappa shape index (κ3) is 4.09. The molecule has 3 aromatic heterocycles. The number of fused-ring (bicyclic) bond motifs is 2. The third-order valence-electron chi connectivity index (χ3n) is 4.96. The Morgan fingerprint density at radius 1 is 1.26 bits per heavy atom.